The van der Waals surface area contributed by atoms with Crippen LogP contribution in [0.5, 0.6) is 0 Å². The van der Waals surface area contributed by atoms with Crippen LogP contribution in [0.25, 0.3) is 0 Å². The maximum atomic E-state index is 12.7. The van der Waals surface area contributed by atoms with E-state index in [0.717, 1.165) is 6.08 Å². The maximum Gasteiger partial charge on any atom is 0.455 e. The molecule has 1 saturated heterocycles. The second kappa shape index (κ2) is 8.55. The minimum atomic E-state index is -5.16. The standard InChI is InChI=1S/C17H24F3NO5/c1-5-25-14(23)12(13(22)17(18,19)20)10-11-6-8-21(9-7-11)15(24)26-16(2,3)4/h10-11H,5-9H2,1-4H3/b12-10-. The number of ether oxygens (including phenoxy) is 2. The fraction of sp³-hybridized carbons (Fsp3) is 0.706. The molecular formula is C17H24F3NO5. The minimum Gasteiger partial charge on any atom is -0.462 e. The van der Waals surface area contributed by atoms with Crippen molar-refractivity contribution in [1.29, 1.82) is 0 Å². The first-order valence-corrected chi connectivity index (χ1v) is 8.33. The van der Waals surface area contributed by atoms with Crippen molar-refractivity contribution < 1.29 is 37.0 Å². The summed E-state index contributed by atoms with van der Waals surface area (Å²) in [7, 11) is 0. The zero-order valence-corrected chi connectivity index (χ0v) is 15.3. The molecule has 1 heterocycles. The van der Waals surface area contributed by atoms with E-state index in [1.807, 2.05) is 0 Å². The zero-order valence-electron chi connectivity index (χ0n) is 15.3. The van der Waals surface area contributed by atoms with Gasteiger partial charge in [-0.15, -0.1) is 0 Å². The first kappa shape index (κ1) is 22.0. The largest absolute Gasteiger partial charge is 0.462 e. The predicted octanol–water partition coefficient (Wildman–Crippen LogP) is 3.25. The number of amides is 1. The summed E-state index contributed by atoms with van der Waals surface area (Å²) < 4.78 is 47.9. The van der Waals surface area contributed by atoms with E-state index in [0.29, 0.717) is 12.8 Å². The molecule has 0 radical (unpaired) electrons. The van der Waals surface area contributed by atoms with Crippen LogP contribution in [0.3, 0.4) is 0 Å². The number of hydrogen-bond acceptors (Lipinski definition) is 5. The number of esters is 1. The molecule has 0 aromatic carbocycles. The molecule has 0 bridgehead atoms. The Kier molecular flexibility index (Phi) is 7.23. The van der Waals surface area contributed by atoms with E-state index in [2.05, 4.69) is 4.74 Å². The first-order valence-electron chi connectivity index (χ1n) is 8.33. The lowest BCUT2D eigenvalue weighted by Crippen LogP contribution is -2.41. The molecule has 0 saturated carbocycles. The molecule has 0 atom stereocenters. The van der Waals surface area contributed by atoms with Crippen LogP contribution in [-0.2, 0) is 19.1 Å². The Hall–Kier alpha value is -2.06. The van der Waals surface area contributed by atoms with Gasteiger partial charge in [0.2, 0.25) is 0 Å². The molecule has 0 aromatic rings. The van der Waals surface area contributed by atoms with Gasteiger partial charge in [-0.05, 0) is 46.5 Å². The van der Waals surface area contributed by atoms with Gasteiger partial charge in [0.25, 0.3) is 5.78 Å². The van der Waals surface area contributed by atoms with Crippen molar-refractivity contribution in [2.45, 2.75) is 52.3 Å². The first-order chi connectivity index (χ1) is 11.8. The monoisotopic (exact) mass is 379 g/mol. The summed E-state index contributed by atoms with van der Waals surface area (Å²) in [5.41, 5.74) is -1.65. The fourth-order valence-electron chi connectivity index (χ4n) is 2.41. The molecule has 6 nitrogen and oxygen atoms in total. The van der Waals surface area contributed by atoms with Crippen molar-refractivity contribution in [3.63, 3.8) is 0 Å². The van der Waals surface area contributed by atoms with E-state index in [-0.39, 0.29) is 19.7 Å². The molecule has 0 aromatic heterocycles. The molecule has 0 aliphatic carbocycles. The molecule has 26 heavy (non-hydrogen) atoms. The number of ketones is 1. The number of Topliss-reactive ketones (excluding diaryl/α,β-unsaturated/α-hetero) is 1. The van der Waals surface area contributed by atoms with Gasteiger partial charge in [-0.3, -0.25) is 4.79 Å². The molecule has 148 valence electrons. The van der Waals surface area contributed by atoms with Crippen molar-refractivity contribution in [2.24, 2.45) is 5.92 Å². The molecule has 1 rings (SSSR count). The van der Waals surface area contributed by atoms with E-state index in [4.69, 9.17) is 4.74 Å². The third kappa shape index (κ3) is 6.68. The van der Waals surface area contributed by atoms with E-state index in [1.54, 1.807) is 20.8 Å². The Balaban J connectivity index is 2.82. The molecule has 0 spiro atoms. The number of rotatable bonds is 4. The second-order valence-electron chi connectivity index (χ2n) is 6.93. The van der Waals surface area contributed by atoms with Crippen LogP contribution in [0.2, 0.25) is 0 Å². The van der Waals surface area contributed by atoms with Crippen molar-refractivity contribution in [3.05, 3.63) is 11.6 Å². The Morgan fingerprint density at radius 2 is 1.65 bits per heavy atom. The smallest absolute Gasteiger partial charge is 0.455 e. The van der Waals surface area contributed by atoms with E-state index in [1.165, 1.54) is 11.8 Å². The van der Waals surface area contributed by atoms with Gasteiger partial charge in [-0.2, -0.15) is 13.2 Å². The third-order valence-corrected chi connectivity index (χ3v) is 3.59. The topological polar surface area (TPSA) is 72.9 Å². The zero-order chi connectivity index (χ0) is 20.1. The Bertz CT molecular complexity index is 570. The number of carbonyl (C=O) groups excluding carboxylic acids is 3. The van der Waals surface area contributed by atoms with Gasteiger partial charge in [0, 0.05) is 13.1 Å². The Morgan fingerprint density at radius 1 is 1.12 bits per heavy atom. The maximum absolute atomic E-state index is 12.7. The van der Waals surface area contributed by atoms with Gasteiger partial charge in [0.1, 0.15) is 11.2 Å². The summed E-state index contributed by atoms with van der Waals surface area (Å²) in [4.78, 5) is 36.7. The van der Waals surface area contributed by atoms with Gasteiger partial charge >= 0.3 is 18.2 Å². The van der Waals surface area contributed by atoms with Gasteiger partial charge in [0.05, 0.1) is 6.61 Å². The summed E-state index contributed by atoms with van der Waals surface area (Å²) in [5, 5.41) is 0. The number of carbonyl (C=O) groups is 3. The van der Waals surface area contributed by atoms with E-state index in [9.17, 15) is 27.6 Å². The predicted molar refractivity (Wildman–Crippen MR) is 86.3 cm³/mol. The van der Waals surface area contributed by atoms with Crippen molar-refractivity contribution in [1.82, 2.24) is 4.90 Å². The lowest BCUT2D eigenvalue weighted by Gasteiger charge is -2.32. The summed E-state index contributed by atoms with van der Waals surface area (Å²) >= 11 is 0. The quantitative estimate of drug-likeness (QED) is 0.324. The molecule has 1 amide bonds. The molecule has 1 aliphatic heterocycles. The van der Waals surface area contributed by atoms with Crippen LogP contribution < -0.4 is 0 Å². The highest BCUT2D eigenvalue weighted by molar-refractivity contribution is 6.19. The minimum absolute atomic E-state index is 0.140. The highest BCUT2D eigenvalue weighted by Crippen LogP contribution is 2.26. The molecule has 0 unspecified atom stereocenters. The van der Waals surface area contributed by atoms with Crippen LogP contribution in [0, 0.1) is 5.92 Å². The van der Waals surface area contributed by atoms with E-state index >= 15 is 0 Å². The number of alkyl halides is 3. The van der Waals surface area contributed by atoms with Crippen LogP contribution in [0.15, 0.2) is 11.6 Å². The molecule has 9 heteroatoms. The average molecular weight is 379 g/mol. The van der Waals surface area contributed by atoms with Crippen molar-refractivity contribution in [3.8, 4) is 0 Å². The van der Waals surface area contributed by atoms with Crippen LogP contribution in [-0.4, -0.2) is 54.2 Å². The van der Waals surface area contributed by atoms with Crippen LogP contribution in [0.4, 0.5) is 18.0 Å². The summed E-state index contributed by atoms with van der Waals surface area (Å²) in [6.45, 7) is 7.00. The van der Waals surface area contributed by atoms with Crippen molar-refractivity contribution >= 4 is 17.8 Å². The van der Waals surface area contributed by atoms with Crippen LogP contribution in [0.1, 0.15) is 40.5 Å². The molecule has 0 N–H and O–H groups in total. The van der Waals surface area contributed by atoms with Gasteiger partial charge in [-0.25, -0.2) is 9.59 Å². The summed E-state index contributed by atoms with van der Waals surface area (Å²) in [6, 6.07) is 0. The Morgan fingerprint density at radius 3 is 2.08 bits per heavy atom. The number of likely N-dealkylation sites (tertiary alicyclic amines) is 1. The third-order valence-electron chi connectivity index (χ3n) is 3.59. The van der Waals surface area contributed by atoms with Gasteiger partial charge < -0.3 is 14.4 Å². The SMILES string of the molecule is CCOC(=O)/C(=C\C1CCN(C(=O)OC(C)(C)C)CC1)C(=O)C(F)(F)F. The highest BCUT2D eigenvalue weighted by Gasteiger charge is 2.44. The van der Waals surface area contributed by atoms with Crippen molar-refractivity contribution in [2.75, 3.05) is 19.7 Å². The lowest BCUT2D eigenvalue weighted by atomic mass is 9.93. The van der Waals surface area contributed by atoms with Gasteiger partial charge in [-0.1, -0.05) is 6.08 Å². The van der Waals surface area contributed by atoms with Gasteiger partial charge in [0.15, 0.2) is 0 Å². The highest BCUT2D eigenvalue weighted by atomic mass is 19.4. The second-order valence-corrected chi connectivity index (χ2v) is 6.93. The molecule has 1 aliphatic rings. The average Bonchev–Trinajstić information content (AvgIpc) is 2.50. The Labute approximate surface area is 150 Å². The number of piperidine rings is 1. The number of nitrogens with zero attached hydrogens (tertiary/aromatic N) is 1. The lowest BCUT2D eigenvalue weighted by molar-refractivity contribution is -0.168. The fourth-order valence-corrected chi connectivity index (χ4v) is 2.41. The number of allylic oxidation sites excluding steroid dienone is 1. The summed E-state index contributed by atoms with van der Waals surface area (Å²) in [5.74, 6) is -3.95. The molecule has 1 fully saturated rings. The molecular weight excluding hydrogens is 355 g/mol. The number of hydrogen-bond donors (Lipinski definition) is 0. The van der Waals surface area contributed by atoms with E-state index < -0.39 is 41.1 Å². The number of halogens is 3. The normalized spacial score (nSPS) is 17.0. The van der Waals surface area contributed by atoms with Crippen LogP contribution >= 0.6 is 0 Å². The summed E-state index contributed by atoms with van der Waals surface area (Å²) in [6.07, 6.45) is -4.02.